The van der Waals surface area contributed by atoms with Crippen LogP contribution in [0.15, 0.2) is 29.1 Å². The van der Waals surface area contributed by atoms with Crippen molar-refractivity contribution in [1.29, 1.82) is 0 Å². The van der Waals surface area contributed by atoms with Gasteiger partial charge in [-0.3, -0.25) is 30.6 Å². The largest absolute Gasteiger partial charge is 0.469 e. The zero-order valence-electron chi connectivity index (χ0n) is 15.0. The van der Waals surface area contributed by atoms with Crippen molar-refractivity contribution in [3.05, 3.63) is 40.6 Å². The lowest BCUT2D eigenvalue weighted by molar-refractivity contribution is -0.383. The van der Waals surface area contributed by atoms with Gasteiger partial charge in [-0.2, -0.15) is 0 Å². The minimum Gasteiger partial charge on any atom is -0.469 e. The summed E-state index contributed by atoms with van der Waals surface area (Å²) < 4.78 is 9.70. The second-order valence-corrected chi connectivity index (χ2v) is 5.99. The van der Waals surface area contributed by atoms with E-state index in [1.807, 2.05) is 0 Å². The Morgan fingerprint density at radius 2 is 2.11 bits per heavy atom. The van der Waals surface area contributed by atoms with Crippen LogP contribution in [0.1, 0.15) is 23.4 Å². The summed E-state index contributed by atoms with van der Waals surface area (Å²) in [4.78, 5) is 44.2. The third-order valence-corrected chi connectivity index (χ3v) is 4.35. The zero-order chi connectivity index (χ0) is 20.1. The molecule has 0 spiro atoms. The number of furan rings is 1. The van der Waals surface area contributed by atoms with Crippen molar-refractivity contribution in [3.8, 4) is 0 Å². The average molecular weight is 390 g/mol. The number of nitrogens with zero attached hydrogens (tertiary/aromatic N) is 4. The lowest BCUT2D eigenvalue weighted by Crippen LogP contribution is -2.38. The first-order valence-corrected chi connectivity index (χ1v) is 8.43. The van der Waals surface area contributed by atoms with Crippen LogP contribution in [0.5, 0.6) is 0 Å². The molecule has 2 aromatic rings. The quantitative estimate of drug-likeness (QED) is 0.417. The van der Waals surface area contributed by atoms with E-state index in [2.05, 4.69) is 20.8 Å². The van der Waals surface area contributed by atoms with Gasteiger partial charge in [-0.1, -0.05) is 0 Å². The van der Waals surface area contributed by atoms with Crippen molar-refractivity contribution in [2.24, 2.45) is 5.92 Å². The molecule has 28 heavy (non-hydrogen) atoms. The zero-order valence-corrected chi connectivity index (χ0v) is 15.0. The first-order chi connectivity index (χ1) is 13.5. The number of nitro groups is 1. The molecule has 1 saturated heterocycles. The van der Waals surface area contributed by atoms with Crippen molar-refractivity contribution < 1.29 is 23.7 Å². The minimum atomic E-state index is -0.622. The number of amides is 1. The monoisotopic (exact) mass is 390 g/mol. The van der Waals surface area contributed by atoms with E-state index in [9.17, 15) is 19.7 Å². The van der Waals surface area contributed by atoms with Crippen LogP contribution in [0, 0.1) is 16.0 Å². The maximum absolute atomic E-state index is 11.9. The number of esters is 1. The van der Waals surface area contributed by atoms with E-state index in [0.717, 1.165) is 6.33 Å². The summed E-state index contributed by atoms with van der Waals surface area (Å²) in [5.74, 6) is -1.16. The smallest absolute Gasteiger partial charge is 0.355 e. The van der Waals surface area contributed by atoms with Gasteiger partial charge in [0.05, 0.1) is 24.2 Å². The highest BCUT2D eigenvalue weighted by Gasteiger charge is 2.32. The predicted octanol–water partition coefficient (Wildman–Crippen LogP) is 1.12. The van der Waals surface area contributed by atoms with Gasteiger partial charge in [-0.15, -0.1) is 0 Å². The van der Waals surface area contributed by atoms with Crippen LogP contribution in [0.4, 0.5) is 17.3 Å². The van der Waals surface area contributed by atoms with Crippen LogP contribution in [0.2, 0.25) is 0 Å². The number of carbonyl (C=O) groups is 2. The maximum atomic E-state index is 11.9. The van der Waals surface area contributed by atoms with Gasteiger partial charge in [0.1, 0.15) is 6.33 Å². The van der Waals surface area contributed by atoms with Crippen LogP contribution >= 0.6 is 0 Å². The highest BCUT2D eigenvalue weighted by atomic mass is 16.6. The van der Waals surface area contributed by atoms with Gasteiger partial charge in [-0.05, 0) is 25.0 Å². The molecular formula is C16H18N6O6. The predicted molar refractivity (Wildman–Crippen MR) is 95.4 cm³/mol. The fourth-order valence-corrected chi connectivity index (χ4v) is 2.94. The molecule has 1 aliphatic heterocycles. The van der Waals surface area contributed by atoms with Gasteiger partial charge in [0.2, 0.25) is 11.6 Å². The Hall–Kier alpha value is -3.70. The summed E-state index contributed by atoms with van der Waals surface area (Å²) >= 11 is 0. The number of ether oxygens (including phenoxy) is 1. The lowest BCUT2D eigenvalue weighted by Gasteiger charge is -2.31. The van der Waals surface area contributed by atoms with Gasteiger partial charge in [0.15, 0.2) is 5.76 Å². The Labute approximate surface area is 159 Å². The molecule has 148 valence electrons. The average Bonchev–Trinajstić information content (AvgIpc) is 3.26. The maximum Gasteiger partial charge on any atom is 0.355 e. The van der Waals surface area contributed by atoms with E-state index in [1.165, 1.54) is 25.5 Å². The molecule has 1 fully saturated rings. The normalized spacial score (nSPS) is 14.4. The molecule has 3 rings (SSSR count). The molecule has 12 heteroatoms. The number of anilines is 2. The van der Waals surface area contributed by atoms with Crippen LogP contribution in [0.3, 0.4) is 0 Å². The Balaban J connectivity index is 1.76. The van der Waals surface area contributed by atoms with Gasteiger partial charge >= 0.3 is 17.6 Å². The summed E-state index contributed by atoms with van der Waals surface area (Å²) in [6, 6.07) is 2.99. The Kier molecular flexibility index (Phi) is 5.67. The second kappa shape index (κ2) is 8.33. The highest BCUT2D eigenvalue weighted by Crippen LogP contribution is 2.33. The minimum absolute atomic E-state index is 0.0364. The fourth-order valence-electron chi connectivity index (χ4n) is 2.94. The number of hydrogen-bond donors (Lipinski definition) is 2. The van der Waals surface area contributed by atoms with Gasteiger partial charge in [-0.25, -0.2) is 9.97 Å². The van der Waals surface area contributed by atoms with E-state index in [0.29, 0.717) is 25.9 Å². The molecule has 0 radical (unpaired) electrons. The summed E-state index contributed by atoms with van der Waals surface area (Å²) in [5, 5.41) is 11.6. The van der Waals surface area contributed by atoms with Gasteiger partial charge < -0.3 is 14.1 Å². The molecule has 2 aromatic heterocycles. The molecule has 2 N–H and O–H groups in total. The Morgan fingerprint density at radius 1 is 1.36 bits per heavy atom. The third kappa shape index (κ3) is 4.00. The molecular weight excluding hydrogens is 372 g/mol. The summed E-state index contributed by atoms with van der Waals surface area (Å²) in [6.07, 6.45) is 3.48. The number of aromatic nitrogens is 2. The van der Waals surface area contributed by atoms with E-state index >= 15 is 0 Å². The molecule has 1 amide bonds. The van der Waals surface area contributed by atoms with E-state index in [1.54, 1.807) is 4.90 Å². The van der Waals surface area contributed by atoms with Crippen molar-refractivity contribution in [2.75, 3.05) is 30.5 Å². The Bertz CT molecular complexity index is 863. The van der Waals surface area contributed by atoms with Crippen molar-refractivity contribution in [2.45, 2.75) is 12.8 Å². The lowest BCUT2D eigenvalue weighted by atomic mass is 9.97. The number of carbonyl (C=O) groups excluding carboxylic acids is 2. The molecule has 0 aliphatic carbocycles. The summed E-state index contributed by atoms with van der Waals surface area (Å²) in [5.41, 5.74) is 4.37. The first-order valence-electron chi connectivity index (χ1n) is 8.43. The third-order valence-electron chi connectivity index (χ3n) is 4.35. The SMILES string of the molecule is COC(=O)C1CCN(c2ncnc(NNC(=O)c3ccco3)c2[N+](=O)[O-])CC1. The van der Waals surface area contributed by atoms with Crippen LogP contribution in [0.25, 0.3) is 0 Å². The second-order valence-electron chi connectivity index (χ2n) is 5.99. The van der Waals surface area contributed by atoms with Gasteiger partial charge in [0.25, 0.3) is 0 Å². The van der Waals surface area contributed by atoms with Crippen molar-refractivity contribution >= 4 is 29.2 Å². The topological polar surface area (TPSA) is 153 Å². The van der Waals surface area contributed by atoms with Gasteiger partial charge in [0, 0.05) is 13.1 Å². The summed E-state index contributed by atoms with van der Waals surface area (Å²) in [7, 11) is 1.33. The molecule has 0 unspecified atom stereocenters. The molecule has 0 bridgehead atoms. The van der Waals surface area contributed by atoms with E-state index in [-0.39, 0.29) is 35.0 Å². The highest BCUT2D eigenvalue weighted by molar-refractivity contribution is 5.92. The van der Waals surface area contributed by atoms with E-state index in [4.69, 9.17) is 9.15 Å². The fraction of sp³-hybridized carbons (Fsp3) is 0.375. The molecule has 0 atom stereocenters. The van der Waals surface area contributed by atoms with Crippen LogP contribution in [-0.4, -0.2) is 47.0 Å². The first kappa shape index (κ1) is 19.1. The van der Waals surface area contributed by atoms with Crippen LogP contribution in [-0.2, 0) is 9.53 Å². The summed E-state index contributed by atoms with van der Waals surface area (Å²) in [6.45, 7) is 0.797. The van der Waals surface area contributed by atoms with E-state index < -0.39 is 10.8 Å². The molecule has 0 aromatic carbocycles. The van der Waals surface area contributed by atoms with Crippen molar-refractivity contribution in [1.82, 2.24) is 15.4 Å². The number of piperidine rings is 1. The Morgan fingerprint density at radius 3 is 2.71 bits per heavy atom. The number of rotatable bonds is 6. The van der Waals surface area contributed by atoms with Crippen molar-refractivity contribution in [3.63, 3.8) is 0 Å². The number of hydrazine groups is 1. The number of methoxy groups -OCH3 is 1. The number of hydrogen-bond acceptors (Lipinski definition) is 10. The molecule has 3 heterocycles. The molecule has 0 saturated carbocycles. The number of nitrogens with one attached hydrogen (secondary N) is 2. The standard InChI is InChI=1S/C16H18N6O6/c1-27-16(24)10-4-6-21(7-5-10)14-12(22(25)26)13(17-9-18-14)19-20-15(23)11-3-2-8-28-11/h2-3,8-10H,4-7H2,1H3,(H,20,23)(H,17,18,19). The molecule has 1 aliphatic rings. The molecule has 12 nitrogen and oxygen atoms in total. The van der Waals surface area contributed by atoms with Crippen LogP contribution < -0.4 is 15.8 Å².